The fraction of sp³-hybridized carbons (Fsp3) is 0.476. The number of hydrogen-bond donors (Lipinski definition) is 0. The Morgan fingerprint density at radius 3 is 2.73 bits per heavy atom. The third kappa shape index (κ3) is 4.77. The Hall–Kier alpha value is -2.97. The molecule has 1 aliphatic rings. The summed E-state index contributed by atoms with van der Waals surface area (Å²) in [5.41, 5.74) is 1.67. The first-order valence-electron chi connectivity index (χ1n) is 9.77. The van der Waals surface area contributed by atoms with Gasteiger partial charge in [-0.3, -0.25) is 9.59 Å². The highest BCUT2D eigenvalue weighted by molar-refractivity contribution is 5.97. The number of halogens is 2. The number of ether oxygens (including phenoxy) is 1. The van der Waals surface area contributed by atoms with Crippen LogP contribution in [-0.4, -0.2) is 53.5 Å². The number of likely N-dealkylation sites (tertiary alicyclic amines) is 1. The smallest absolute Gasteiger partial charge is 0.387 e. The summed E-state index contributed by atoms with van der Waals surface area (Å²) in [6.45, 7) is 1.66. The van der Waals surface area contributed by atoms with Crippen LogP contribution in [0.1, 0.15) is 40.2 Å². The lowest BCUT2D eigenvalue weighted by atomic mass is 9.95. The average molecular weight is 421 g/mol. The summed E-state index contributed by atoms with van der Waals surface area (Å²) in [6, 6.07) is 5.91. The molecule has 0 N–H and O–H groups in total. The molecular formula is C21H25F2N3O4. The van der Waals surface area contributed by atoms with Crippen molar-refractivity contribution in [2.45, 2.75) is 39.8 Å². The number of carbonyl (C=O) groups excluding carboxylic acids is 2. The second kappa shape index (κ2) is 9.23. The molecule has 2 amide bonds. The van der Waals surface area contributed by atoms with Crippen molar-refractivity contribution < 1.29 is 27.6 Å². The van der Waals surface area contributed by atoms with Crippen LogP contribution >= 0.6 is 0 Å². The van der Waals surface area contributed by atoms with Gasteiger partial charge in [0.1, 0.15) is 11.5 Å². The van der Waals surface area contributed by atoms with Gasteiger partial charge in [-0.25, -0.2) is 0 Å². The number of amides is 2. The van der Waals surface area contributed by atoms with E-state index in [-0.39, 0.29) is 29.7 Å². The minimum atomic E-state index is -3.02. The van der Waals surface area contributed by atoms with Gasteiger partial charge in [-0.15, -0.1) is 0 Å². The van der Waals surface area contributed by atoms with Crippen LogP contribution in [0.4, 0.5) is 8.78 Å². The van der Waals surface area contributed by atoms with Gasteiger partial charge in [0, 0.05) is 25.7 Å². The van der Waals surface area contributed by atoms with Crippen molar-refractivity contribution in [2.75, 3.05) is 20.1 Å². The largest absolute Gasteiger partial charge is 0.434 e. The summed E-state index contributed by atoms with van der Waals surface area (Å²) in [5.74, 6) is -0.359. The van der Waals surface area contributed by atoms with Crippen LogP contribution in [0.5, 0.6) is 5.75 Å². The van der Waals surface area contributed by atoms with Gasteiger partial charge in [0.2, 0.25) is 5.91 Å². The van der Waals surface area contributed by atoms with Crippen LogP contribution < -0.4 is 4.74 Å². The van der Waals surface area contributed by atoms with Crippen molar-refractivity contribution in [1.82, 2.24) is 15.0 Å². The number of alkyl halides is 2. The topological polar surface area (TPSA) is 75.9 Å². The van der Waals surface area contributed by atoms with Crippen molar-refractivity contribution in [3.05, 3.63) is 46.8 Å². The van der Waals surface area contributed by atoms with Gasteiger partial charge in [0.15, 0.2) is 0 Å². The number of aromatic nitrogens is 1. The molecule has 0 radical (unpaired) electrons. The minimum Gasteiger partial charge on any atom is -0.434 e. The van der Waals surface area contributed by atoms with Crippen LogP contribution in [0.25, 0.3) is 0 Å². The minimum absolute atomic E-state index is 0.0648. The average Bonchev–Trinajstić information content (AvgIpc) is 3.04. The van der Waals surface area contributed by atoms with Crippen molar-refractivity contribution >= 4 is 11.8 Å². The molecule has 0 spiro atoms. The van der Waals surface area contributed by atoms with E-state index < -0.39 is 12.5 Å². The highest BCUT2D eigenvalue weighted by atomic mass is 19.3. The maximum Gasteiger partial charge on any atom is 0.387 e. The van der Waals surface area contributed by atoms with Gasteiger partial charge in [-0.1, -0.05) is 17.3 Å². The van der Waals surface area contributed by atoms with Crippen molar-refractivity contribution in [2.24, 2.45) is 5.92 Å². The number of rotatable bonds is 6. The summed E-state index contributed by atoms with van der Waals surface area (Å²) in [5, 5.41) is 3.91. The van der Waals surface area contributed by atoms with Crippen LogP contribution in [0, 0.1) is 19.8 Å². The second-order valence-electron chi connectivity index (χ2n) is 7.46. The number of carbonyl (C=O) groups is 2. The Balaban J connectivity index is 1.69. The normalized spacial score (nSPS) is 16.6. The molecule has 1 fully saturated rings. The van der Waals surface area contributed by atoms with Crippen molar-refractivity contribution in [3.63, 3.8) is 0 Å². The van der Waals surface area contributed by atoms with E-state index in [0.29, 0.717) is 31.7 Å². The molecule has 0 bridgehead atoms. The van der Waals surface area contributed by atoms with E-state index in [9.17, 15) is 18.4 Å². The van der Waals surface area contributed by atoms with E-state index in [4.69, 9.17) is 4.52 Å². The fourth-order valence-electron chi connectivity index (χ4n) is 3.73. The molecule has 1 aromatic carbocycles. The van der Waals surface area contributed by atoms with Crippen LogP contribution in [0.3, 0.4) is 0 Å². The number of para-hydroxylation sites is 1. The molecule has 2 aromatic rings. The van der Waals surface area contributed by atoms with Crippen LogP contribution in [0.2, 0.25) is 0 Å². The lowest BCUT2D eigenvalue weighted by Gasteiger charge is -2.34. The number of aryl methyl sites for hydroxylation is 2. The molecule has 30 heavy (non-hydrogen) atoms. The predicted octanol–water partition coefficient (Wildman–Crippen LogP) is 3.40. The van der Waals surface area contributed by atoms with Gasteiger partial charge in [0.25, 0.3) is 5.91 Å². The molecule has 1 atom stereocenters. The monoisotopic (exact) mass is 421 g/mol. The first-order chi connectivity index (χ1) is 14.3. The highest BCUT2D eigenvalue weighted by Crippen LogP contribution is 2.26. The van der Waals surface area contributed by atoms with Crippen molar-refractivity contribution in [1.29, 1.82) is 0 Å². The van der Waals surface area contributed by atoms with E-state index in [0.717, 1.165) is 11.3 Å². The Morgan fingerprint density at radius 1 is 1.33 bits per heavy atom. The molecule has 2 heterocycles. The quantitative estimate of drug-likeness (QED) is 0.715. The summed E-state index contributed by atoms with van der Waals surface area (Å²) < 4.78 is 35.0. The Morgan fingerprint density at radius 2 is 2.07 bits per heavy atom. The lowest BCUT2D eigenvalue weighted by Crippen LogP contribution is -2.45. The maximum atomic E-state index is 13.0. The Kier molecular flexibility index (Phi) is 6.69. The van der Waals surface area contributed by atoms with Gasteiger partial charge >= 0.3 is 6.61 Å². The summed E-state index contributed by atoms with van der Waals surface area (Å²) >= 11 is 0. The first kappa shape index (κ1) is 21.7. The third-order valence-corrected chi connectivity index (χ3v) is 5.34. The number of piperidine rings is 1. The molecular weight excluding hydrogens is 396 g/mol. The van der Waals surface area contributed by atoms with Gasteiger partial charge in [0.05, 0.1) is 23.7 Å². The Bertz CT molecular complexity index is 896. The van der Waals surface area contributed by atoms with Gasteiger partial charge in [-0.2, -0.15) is 8.78 Å². The van der Waals surface area contributed by atoms with E-state index in [1.807, 2.05) is 6.92 Å². The molecule has 7 nitrogen and oxygen atoms in total. The summed E-state index contributed by atoms with van der Waals surface area (Å²) in [6.07, 6.45) is 1.31. The number of nitrogens with zero attached hydrogens (tertiary/aromatic N) is 3. The zero-order valence-electron chi connectivity index (χ0n) is 17.2. The molecule has 1 saturated heterocycles. The first-order valence-corrected chi connectivity index (χ1v) is 9.77. The number of hydrogen-bond acceptors (Lipinski definition) is 5. The zero-order chi connectivity index (χ0) is 21.8. The van der Waals surface area contributed by atoms with E-state index in [1.54, 1.807) is 24.9 Å². The highest BCUT2D eigenvalue weighted by Gasteiger charge is 2.32. The molecule has 1 aromatic heterocycles. The van der Waals surface area contributed by atoms with Gasteiger partial charge in [-0.05, 0) is 38.8 Å². The maximum absolute atomic E-state index is 13.0. The Labute approximate surface area is 173 Å². The third-order valence-electron chi connectivity index (χ3n) is 5.34. The number of benzene rings is 1. The summed E-state index contributed by atoms with van der Waals surface area (Å²) in [7, 11) is 1.71. The van der Waals surface area contributed by atoms with Gasteiger partial charge < -0.3 is 19.1 Å². The molecule has 1 unspecified atom stereocenters. The van der Waals surface area contributed by atoms with E-state index in [1.165, 1.54) is 23.1 Å². The predicted molar refractivity (Wildman–Crippen MR) is 104 cm³/mol. The molecule has 9 heteroatoms. The van der Waals surface area contributed by atoms with E-state index in [2.05, 4.69) is 9.89 Å². The second-order valence-corrected chi connectivity index (χ2v) is 7.46. The molecule has 162 valence electrons. The van der Waals surface area contributed by atoms with Crippen molar-refractivity contribution in [3.8, 4) is 5.75 Å². The molecule has 1 aliphatic heterocycles. The SMILES string of the molecule is Cc1noc(C)c1CN(C)C(=O)C1CCCN(C(=O)c2ccccc2OC(F)F)C1. The molecule has 0 aliphatic carbocycles. The standard InChI is InChI=1S/C21H25F2N3O4/c1-13-17(14(2)30-24-13)12-25(3)19(27)15-7-6-10-26(11-15)20(28)16-8-4-5-9-18(16)29-21(22)23/h4-5,8-9,15,21H,6-7,10-12H2,1-3H3. The van der Waals surface area contributed by atoms with Crippen LogP contribution in [-0.2, 0) is 11.3 Å². The fourth-order valence-corrected chi connectivity index (χ4v) is 3.73. The lowest BCUT2D eigenvalue weighted by molar-refractivity contribution is -0.136. The van der Waals surface area contributed by atoms with Crippen LogP contribution in [0.15, 0.2) is 28.8 Å². The molecule has 0 saturated carbocycles. The molecule has 3 rings (SSSR count). The zero-order valence-corrected chi connectivity index (χ0v) is 17.2. The van der Waals surface area contributed by atoms with E-state index >= 15 is 0 Å². The summed E-state index contributed by atoms with van der Waals surface area (Å²) in [4.78, 5) is 29.1.